The highest BCUT2D eigenvalue weighted by atomic mass is 16.5. The molecule has 0 spiro atoms. The third-order valence-electron chi connectivity index (χ3n) is 4.33. The molecule has 0 fully saturated rings. The van der Waals surface area contributed by atoms with E-state index in [0.717, 1.165) is 0 Å². The van der Waals surface area contributed by atoms with E-state index in [2.05, 4.69) is 10.9 Å². The van der Waals surface area contributed by atoms with Gasteiger partial charge in [0.15, 0.2) is 0 Å². The first-order valence-corrected chi connectivity index (χ1v) is 9.05. The number of carbonyl (C=O) groups excluding carboxylic acids is 3. The lowest BCUT2D eigenvalue weighted by Gasteiger charge is -2.23. The number of aromatic nitrogens is 1. The molecule has 28 heavy (non-hydrogen) atoms. The number of hydrogen-bond donors (Lipinski definition) is 4. The lowest BCUT2D eigenvalue weighted by atomic mass is 10.0. The molecular weight excluding hydrogens is 362 g/mol. The van der Waals surface area contributed by atoms with Gasteiger partial charge in [0, 0.05) is 18.4 Å². The SMILES string of the molecule is COc1cccc2c1cc(C(N)=O)n2[C@@H](CC(C)C)C(=O)NNCCC(N)=O. The summed E-state index contributed by atoms with van der Waals surface area (Å²) < 4.78 is 7.02. The smallest absolute Gasteiger partial charge is 0.265 e. The van der Waals surface area contributed by atoms with Gasteiger partial charge >= 0.3 is 0 Å². The van der Waals surface area contributed by atoms with Crippen LogP contribution in [0, 0.1) is 5.92 Å². The first-order chi connectivity index (χ1) is 13.3. The Bertz CT molecular complexity index is 875. The molecule has 6 N–H and O–H groups in total. The van der Waals surface area contributed by atoms with Gasteiger partial charge in [0.25, 0.3) is 11.8 Å². The fraction of sp³-hybridized carbons (Fsp3) is 0.421. The molecule has 0 radical (unpaired) electrons. The predicted octanol–water partition coefficient (Wildman–Crippen LogP) is 0.832. The van der Waals surface area contributed by atoms with Gasteiger partial charge in [-0.3, -0.25) is 19.8 Å². The number of amides is 3. The van der Waals surface area contributed by atoms with Crippen molar-refractivity contribution >= 4 is 28.6 Å². The summed E-state index contributed by atoms with van der Waals surface area (Å²) in [7, 11) is 1.54. The average molecular weight is 389 g/mol. The summed E-state index contributed by atoms with van der Waals surface area (Å²) in [6.45, 7) is 4.17. The summed E-state index contributed by atoms with van der Waals surface area (Å²) >= 11 is 0. The maximum atomic E-state index is 12.9. The minimum atomic E-state index is -0.687. The quantitative estimate of drug-likeness (QED) is 0.352. The number of hydrazine groups is 1. The molecule has 152 valence electrons. The molecule has 0 aliphatic rings. The first-order valence-electron chi connectivity index (χ1n) is 9.05. The van der Waals surface area contributed by atoms with E-state index < -0.39 is 17.9 Å². The van der Waals surface area contributed by atoms with E-state index in [-0.39, 0.29) is 30.5 Å². The molecule has 1 aromatic heterocycles. The van der Waals surface area contributed by atoms with E-state index >= 15 is 0 Å². The minimum absolute atomic E-state index is 0.0886. The van der Waals surface area contributed by atoms with Crippen LogP contribution in [0.3, 0.4) is 0 Å². The normalized spacial score (nSPS) is 12.1. The molecule has 1 aromatic carbocycles. The van der Waals surface area contributed by atoms with Crippen LogP contribution < -0.4 is 27.1 Å². The van der Waals surface area contributed by atoms with E-state index in [1.807, 2.05) is 19.9 Å². The Balaban J connectivity index is 2.46. The van der Waals surface area contributed by atoms with Crippen LogP contribution in [0.25, 0.3) is 10.9 Å². The zero-order valence-electron chi connectivity index (χ0n) is 16.3. The van der Waals surface area contributed by atoms with Crippen LogP contribution in [0.5, 0.6) is 5.75 Å². The van der Waals surface area contributed by atoms with Crippen LogP contribution in [-0.4, -0.2) is 35.9 Å². The van der Waals surface area contributed by atoms with Gasteiger partial charge < -0.3 is 20.8 Å². The van der Waals surface area contributed by atoms with Crippen LogP contribution in [0.4, 0.5) is 0 Å². The van der Waals surface area contributed by atoms with E-state index in [0.29, 0.717) is 23.1 Å². The van der Waals surface area contributed by atoms with Crippen LogP contribution >= 0.6 is 0 Å². The van der Waals surface area contributed by atoms with Crippen molar-refractivity contribution < 1.29 is 19.1 Å². The molecule has 9 heteroatoms. The van der Waals surface area contributed by atoms with Gasteiger partial charge in [0.05, 0.1) is 12.6 Å². The number of hydrogen-bond acceptors (Lipinski definition) is 5. The van der Waals surface area contributed by atoms with Crippen molar-refractivity contribution in [2.24, 2.45) is 17.4 Å². The molecule has 0 saturated heterocycles. The monoisotopic (exact) mass is 389 g/mol. The van der Waals surface area contributed by atoms with E-state index in [9.17, 15) is 14.4 Å². The van der Waals surface area contributed by atoms with E-state index in [1.54, 1.807) is 22.8 Å². The number of methoxy groups -OCH3 is 1. The van der Waals surface area contributed by atoms with Crippen molar-refractivity contribution in [3.05, 3.63) is 30.0 Å². The summed E-state index contributed by atoms with van der Waals surface area (Å²) in [5.74, 6) is -0.699. The minimum Gasteiger partial charge on any atom is -0.496 e. The molecule has 9 nitrogen and oxygen atoms in total. The Morgan fingerprint density at radius 1 is 1.21 bits per heavy atom. The Labute approximate surface area is 163 Å². The summed E-state index contributed by atoms with van der Waals surface area (Å²) in [6, 6.07) is 6.33. The number of fused-ring (bicyclic) bond motifs is 1. The molecule has 0 aliphatic heterocycles. The van der Waals surface area contributed by atoms with Crippen LogP contribution in [0.2, 0.25) is 0 Å². The number of nitrogens with two attached hydrogens (primary N) is 2. The van der Waals surface area contributed by atoms with Gasteiger partial charge in [-0.15, -0.1) is 0 Å². The number of rotatable bonds is 10. The lowest BCUT2D eigenvalue weighted by molar-refractivity contribution is -0.126. The second kappa shape index (κ2) is 9.23. The van der Waals surface area contributed by atoms with Crippen LogP contribution in [0.1, 0.15) is 43.2 Å². The molecule has 0 unspecified atom stereocenters. The third-order valence-corrected chi connectivity index (χ3v) is 4.33. The van der Waals surface area contributed by atoms with Gasteiger partial charge in [-0.2, -0.15) is 0 Å². The first kappa shape index (κ1) is 21.2. The van der Waals surface area contributed by atoms with Crippen molar-refractivity contribution in [1.82, 2.24) is 15.4 Å². The van der Waals surface area contributed by atoms with Gasteiger partial charge in [-0.25, -0.2) is 5.43 Å². The Morgan fingerprint density at radius 2 is 1.93 bits per heavy atom. The van der Waals surface area contributed by atoms with E-state index in [4.69, 9.17) is 16.2 Å². The molecule has 1 atom stereocenters. The summed E-state index contributed by atoms with van der Waals surface area (Å²) in [6.07, 6.45) is 0.565. The zero-order chi connectivity index (χ0) is 20.8. The second-order valence-corrected chi connectivity index (χ2v) is 6.93. The third kappa shape index (κ3) is 4.80. The lowest BCUT2D eigenvalue weighted by Crippen LogP contribution is -2.44. The fourth-order valence-electron chi connectivity index (χ4n) is 3.12. The number of nitrogens with one attached hydrogen (secondary N) is 2. The fourth-order valence-corrected chi connectivity index (χ4v) is 3.12. The Kier molecular flexibility index (Phi) is 7.00. The molecule has 0 aliphatic carbocycles. The van der Waals surface area contributed by atoms with Gasteiger partial charge in [-0.1, -0.05) is 19.9 Å². The van der Waals surface area contributed by atoms with Gasteiger partial charge in [0.2, 0.25) is 5.91 Å². The van der Waals surface area contributed by atoms with Crippen molar-refractivity contribution in [2.45, 2.75) is 32.7 Å². The van der Waals surface area contributed by atoms with Crippen molar-refractivity contribution in [3.8, 4) is 5.75 Å². The number of benzene rings is 1. The van der Waals surface area contributed by atoms with E-state index in [1.165, 1.54) is 7.11 Å². The molecule has 1 heterocycles. The van der Waals surface area contributed by atoms with Crippen LogP contribution in [-0.2, 0) is 9.59 Å². The maximum Gasteiger partial charge on any atom is 0.265 e. The van der Waals surface area contributed by atoms with Gasteiger partial charge in [0.1, 0.15) is 17.5 Å². The maximum absolute atomic E-state index is 12.9. The summed E-state index contributed by atoms with van der Waals surface area (Å²) in [4.78, 5) is 35.8. The highest BCUT2D eigenvalue weighted by Crippen LogP contribution is 2.33. The number of primary amides is 2. The molecule has 2 rings (SSSR count). The molecule has 3 amide bonds. The van der Waals surface area contributed by atoms with Crippen molar-refractivity contribution in [2.75, 3.05) is 13.7 Å². The number of ether oxygens (including phenoxy) is 1. The highest BCUT2D eigenvalue weighted by molar-refractivity contribution is 6.01. The summed E-state index contributed by atoms with van der Waals surface area (Å²) in [5.41, 5.74) is 16.9. The average Bonchev–Trinajstić information content (AvgIpc) is 3.02. The number of nitrogens with zero attached hydrogens (tertiary/aromatic N) is 1. The number of carbonyl (C=O) groups is 3. The molecule has 0 bridgehead atoms. The van der Waals surface area contributed by atoms with Crippen molar-refractivity contribution in [1.29, 1.82) is 0 Å². The topological polar surface area (TPSA) is 141 Å². The molecule has 0 saturated carbocycles. The van der Waals surface area contributed by atoms with Crippen molar-refractivity contribution in [3.63, 3.8) is 0 Å². The second-order valence-electron chi connectivity index (χ2n) is 6.93. The standard InChI is InChI=1S/C19H27N5O4/c1-11(2)9-15(19(27)23-22-8-7-17(20)25)24-13-5-4-6-16(28-3)12(13)10-14(24)18(21)26/h4-6,10-11,15,22H,7-9H2,1-3H3,(H2,20,25)(H2,21,26)(H,23,27)/t15-/m0/s1. The largest absolute Gasteiger partial charge is 0.496 e. The van der Waals surface area contributed by atoms with Gasteiger partial charge in [-0.05, 0) is 30.5 Å². The Hall–Kier alpha value is -3.07. The molecule has 2 aromatic rings. The Morgan fingerprint density at radius 3 is 2.50 bits per heavy atom. The predicted molar refractivity (Wildman–Crippen MR) is 105 cm³/mol. The molecular formula is C19H27N5O4. The summed E-state index contributed by atoms with van der Waals surface area (Å²) in [5, 5.41) is 0.696. The van der Waals surface area contributed by atoms with Crippen LogP contribution in [0.15, 0.2) is 24.3 Å². The zero-order valence-corrected chi connectivity index (χ0v) is 16.3. The highest BCUT2D eigenvalue weighted by Gasteiger charge is 2.28.